The molecule has 0 saturated carbocycles. The number of aryl methyl sites for hydroxylation is 1. The van der Waals surface area contributed by atoms with Crippen molar-refractivity contribution in [2.24, 2.45) is 11.7 Å². The summed E-state index contributed by atoms with van der Waals surface area (Å²) in [5.41, 5.74) is 6.96. The molecular weight excluding hydrogens is 284 g/mol. The van der Waals surface area contributed by atoms with E-state index in [0.29, 0.717) is 31.7 Å². The number of hydrogen-bond donors (Lipinski definition) is 2. The number of nitrogens with zero attached hydrogens (tertiary/aromatic N) is 1. The van der Waals surface area contributed by atoms with Crippen LogP contribution in [0.4, 0.5) is 0 Å². The molecule has 0 aliphatic carbocycles. The number of benzene rings is 1. The number of amides is 1. The van der Waals surface area contributed by atoms with Crippen LogP contribution in [-0.2, 0) is 9.59 Å². The Morgan fingerprint density at radius 3 is 2.45 bits per heavy atom. The molecule has 6 heteroatoms. The molecule has 120 valence electrons. The third-order valence-electron chi connectivity index (χ3n) is 4.30. The SMILES string of the molecule is COc1ccc([C@H](C(=O)O)N2CCC(C(N)=O)CC2)c(C)c1. The molecule has 2 rings (SSSR count). The van der Waals surface area contributed by atoms with Crippen molar-refractivity contribution in [3.05, 3.63) is 29.3 Å². The number of piperidine rings is 1. The first kappa shape index (κ1) is 16.3. The number of hydrogen-bond acceptors (Lipinski definition) is 4. The maximum Gasteiger partial charge on any atom is 0.325 e. The van der Waals surface area contributed by atoms with E-state index in [1.165, 1.54) is 0 Å². The normalized spacial score (nSPS) is 17.9. The Hall–Kier alpha value is -2.08. The van der Waals surface area contributed by atoms with Gasteiger partial charge in [0, 0.05) is 19.0 Å². The van der Waals surface area contributed by atoms with Gasteiger partial charge in [-0.2, -0.15) is 0 Å². The molecule has 0 radical (unpaired) electrons. The predicted molar refractivity (Wildman–Crippen MR) is 81.6 cm³/mol. The fourth-order valence-electron chi connectivity index (χ4n) is 3.01. The van der Waals surface area contributed by atoms with Crippen molar-refractivity contribution in [2.45, 2.75) is 25.8 Å². The van der Waals surface area contributed by atoms with E-state index >= 15 is 0 Å². The van der Waals surface area contributed by atoms with Gasteiger partial charge in [0.2, 0.25) is 5.91 Å². The monoisotopic (exact) mass is 306 g/mol. The van der Waals surface area contributed by atoms with Crippen molar-refractivity contribution in [1.82, 2.24) is 4.90 Å². The van der Waals surface area contributed by atoms with Gasteiger partial charge < -0.3 is 15.6 Å². The van der Waals surface area contributed by atoms with Gasteiger partial charge in [-0.15, -0.1) is 0 Å². The van der Waals surface area contributed by atoms with Gasteiger partial charge in [0.1, 0.15) is 11.8 Å². The zero-order chi connectivity index (χ0) is 16.3. The van der Waals surface area contributed by atoms with Crippen LogP contribution in [0.3, 0.4) is 0 Å². The molecule has 0 aromatic heterocycles. The van der Waals surface area contributed by atoms with Crippen molar-refractivity contribution in [3.8, 4) is 5.75 Å². The number of ether oxygens (including phenoxy) is 1. The number of methoxy groups -OCH3 is 1. The molecular formula is C16H22N2O4. The van der Waals surface area contributed by atoms with E-state index in [-0.39, 0.29) is 11.8 Å². The maximum atomic E-state index is 11.8. The van der Waals surface area contributed by atoms with Crippen LogP contribution in [0.2, 0.25) is 0 Å². The summed E-state index contributed by atoms with van der Waals surface area (Å²) >= 11 is 0. The van der Waals surface area contributed by atoms with Gasteiger partial charge in [-0.05, 0) is 43.0 Å². The number of carbonyl (C=O) groups excluding carboxylic acids is 1. The lowest BCUT2D eigenvalue weighted by molar-refractivity contribution is -0.144. The second-order valence-corrected chi connectivity index (χ2v) is 5.68. The first-order valence-electron chi connectivity index (χ1n) is 7.34. The Balaban J connectivity index is 2.21. The van der Waals surface area contributed by atoms with Gasteiger partial charge in [-0.3, -0.25) is 14.5 Å². The Morgan fingerprint density at radius 2 is 2.00 bits per heavy atom. The van der Waals surface area contributed by atoms with Crippen molar-refractivity contribution in [3.63, 3.8) is 0 Å². The fraction of sp³-hybridized carbons (Fsp3) is 0.500. The van der Waals surface area contributed by atoms with Crippen LogP contribution < -0.4 is 10.5 Å². The van der Waals surface area contributed by atoms with E-state index in [4.69, 9.17) is 10.5 Å². The molecule has 0 bridgehead atoms. The highest BCUT2D eigenvalue weighted by Crippen LogP contribution is 2.30. The zero-order valence-electron chi connectivity index (χ0n) is 12.9. The Morgan fingerprint density at radius 1 is 1.36 bits per heavy atom. The third-order valence-corrected chi connectivity index (χ3v) is 4.30. The largest absolute Gasteiger partial charge is 0.497 e. The molecule has 1 aliphatic rings. The number of likely N-dealkylation sites (tertiary alicyclic amines) is 1. The number of carboxylic acids is 1. The fourth-order valence-corrected chi connectivity index (χ4v) is 3.01. The van der Waals surface area contributed by atoms with E-state index in [9.17, 15) is 14.7 Å². The lowest BCUT2D eigenvalue weighted by Gasteiger charge is -2.35. The van der Waals surface area contributed by atoms with Crippen LogP contribution in [-0.4, -0.2) is 42.1 Å². The zero-order valence-corrected chi connectivity index (χ0v) is 12.9. The minimum atomic E-state index is -0.884. The average Bonchev–Trinajstić information content (AvgIpc) is 2.49. The molecule has 1 saturated heterocycles. The second kappa shape index (κ2) is 6.79. The summed E-state index contributed by atoms with van der Waals surface area (Å²) in [5, 5.41) is 9.64. The Kier molecular flexibility index (Phi) is 5.03. The van der Waals surface area contributed by atoms with Gasteiger partial charge in [-0.1, -0.05) is 6.07 Å². The summed E-state index contributed by atoms with van der Waals surface area (Å²) in [6, 6.07) is 4.70. The smallest absolute Gasteiger partial charge is 0.325 e. The topological polar surface area (TPSA) is 92.9 Å². The van der Waals surface area contributed by atoms with Crippen LogP contribution in [0.1, 0.15) is 30.0 Å². The number of primary amides is 1. The number of aliphatic carboxylic acids is 1. The highest BCUT2D eigenvalue weighted by molar-refractivity contribution is 5.77. The van der Waals surface area contributed by atoms with Gasteiger partial charge in [0.05, 0.1) is 7.11 Å². The van der Waals surface area contributed by atoms with Crippen molar-refractivity contribution >= 4 is 11.9 Å². The van der Waals surface area contributed by atoms with Gasteiger partial charge >= 0.3 is 5.97 Å². The lowest BCUT2D eigenvalue weighted by Crippen LogP contribution is -2.43. The summed E-state index contributed by atoms with van der Waals surface area (Å²) in [7, 11) is 1.58. The van der Waals surface area contributed by atoms with E-state index in [0.717, 1.165) is 11.1 Å². The van der Waals surface area contributed by atoms with Crippen LogP contribution in [0.25, 0.3) is 0 Å². The first-order valence-corrected chi connectivity index (χ1v) is 7.34. The Bertz CT molecular complexity index is 565. The first-order chi connectivity index (χ1) is 10.4. The minimum Gasteiger partial charge on any atom is -0.497 e. The van der Waals surface area contributed by atoms with E-state index in [1.54, 1.807) is 19.2 Å². The number of nitrogens with two attached hydrogens (primary N) is 1. The van der Waals surface area contributed by atoms with Gasteiger partial charge in [0.15, 0.2) is 0 Å². The maximum absolute atomic E-state index is 11.8. The van der Waals surface area contributed by atoms with Crippen molar-refractivity contribution in [1.29, 1.82) is 0 Å². The standard InChI is InChI=1S/C16H22N2O4/c1-10-9-12(22-2)3-4-13(10)14(16(20)21)18-7-5-11(6-8-18)15(17)19/h3-4,9,11,14H,5-8H2,1-2H3,(H2,17,19)(H,20,21)/t14-/m1/s1. The molecule has 1 amide bonds. The molecule has 6 nitrogen and oxygen atoms in total. The van der Waals surface area contributed by atoms with Crippen molar-refractivity contribution in [2.75, 3.05) is 20.2 Å². The summed E-state index contributed by atoms with van der Waals surface area (Å²) < 4.78 is 5.16. The van der Waals surface area contributed by atoms with E-state index < -0.39 is 12.0 Å². The van der Waals surface area contributed by atoms with Crippen LogP contribution in [0, 0.1) is 12.8 Å². The summed E-state index contributed by atoms with van der Waals surface area (Å²) in [4.78, 5) is 24.9. The minimum absolute atomic E-state index is 0.150. The molecule has 0 unspecified atom stereocenters. The molecule has 1 heterocycles. The van der Waals surface area contributed by atoms with E-state index in [1.807, 2.05) is 17.9 Å². The number of carbonyl (C=O) groups is 2. The van der Waals surface area contributed by atoms with Gasteiger partial charge in [0.25, 0.3) is 0 Å². The molecule has 1 fully saturated rings. The predicted octanol–water partition coefficient (Wildman–Crippen LogP) is 1.33. The number of carboxylic acid groups (broad SMARTS) is 1. The third kappa shape index (κ3) is 3.39. The molecule has 1 atom stereocenters. The molecule has 22 heavy (non-hydrogen) atoms. The quantitative estimate of drug-likeness (QED) is 0.856. The van der Waals surface area contributed by atoms with Crippen LogP contribution in [0.15, 0.2) is 18.2 Å². The van der Waals surface area contributed by atoms with Gasteiger partial charge in [-0.25, -0.2) is 0 Å². The molecule has 3 N–H and O–H groups in total. The second-order valence-electron chi connectivity index (χ2n) is 5.68. The number of rotatable bonds is 5. The summed E-state index contributed by atoms with van der Waals surface area (Å²) in [6.07, 6.45) is 1.21. The molecule has 1 aromatic carbocycles. The molecule has 0 spiro atoms. The van der Waals surface area contributed by atoms with E-state index in [2.05, 4.69) is 0 Å². The lowest BCUT2D eigenvalue weighted by atomic mass is 9.92. The highest BCUT2D eigenvalue weighted by atomic mass is 16.5. The van der Waals surface area contributed by atoms with Crippen LogP contribution in [0.5, 0.6) is 5.75 Å². The average molecular weight is 306 g/mol. The Labute approximate surface area is 129 Å². The van der Waals surface area contributed by atoms with Crippen molar-refractivity contribution < 1.29 is 19.4 Å². The summed E-state index contributed by atoms with van der Waals surface area (Å²) in [5.74, 6) is -0.626. The molecule has 1 aromatic rings. The molecule has 1 aliphatic heterocycles. The highest BCUT2D eigenvalue weighted by Gasteiger charge is 2.33. The van der Waals surface area contributed by atoms with Crippen LogP contribution >= 0.6 is 0 Å². The summed E-state index contributed by atoms with van der Waals surface area (Å²) in [6.45, 7) is 2.98.